The minimum Gasteiger partial charge on any atom is -0.450 e. The van der Waals surface area contributed by atoms with Gasteiger partial charge in [0.1, 0.15) is 5.75 Å². The van der Waals surface area contributed by atoms with Gasteiger partial charge in [-0.05, 0) is 25.1 Å². The molecule has 0 spiro atoms. The third-order valence-electron chi connectivity index (χ3n) is 2.75. The number of nitro groups is 1. The van der Waals surface area contributed by atoms with Crippen LogP contribution in [0, 0.1) is 10.1 Å². The lowest BCUT2D eigenvalue weighted by Crippen LogP contribution is -2.06. The van der Waals surface area contributed by atoms with Crippen molar-refractivity contribution in [3.05, 3.63) is 62.6 Å². The first-order valence-electron chi connectivity index (χ1n) is 5.95. The fourth-order valence-corrected chi connectivity index (χ4v) is 2.14. The van der Waals surface area contributed by atoms with E-state index in [0.29, 0.717) is 10.2 Å². The van der Waals surface area contributed by atoms with Crippen LogP contribution in [-0.2, 0) is 0 Å². The van der Waals surface area contributed by atoms with E-state index in [9.17, 15) is 10.1 Å². The summed E-state index contributed by atoms with van der Waals surface area (Å²) in [5.74, 6) is 0.708. The Balaban J connectivity index is 2.43. The van der Waals surface area contributed by atoms with Crippen molar-refractivity contribution in [2.75, 3.05) is 0 Å². The second kappa shape index (κ2) is 6.02. The summed E-state index contributed by atoms with van der Waals surface area (Å²) < 4.78 is 6.30. The first-order chi connectivity index (χ1) is 9.49. The zero-order valence-corrected chi connectivity index (χ0v) is 12.3. The van der Waals surface area contributed by atoms with Crippen LogP contribution in [0.4, 0.5) is 5.69 Å². The Labute approximate surface area is 124 Å². The van der Waals surface area contributed by atoms with Crippen molar-refractivity contribution < 1.29 is 9.66 Å². The molecule has 0 radical (unpaired) electrons. The Kier molecular flexibility index (Phi) is 4.36. The molecule has 2 rings (SSSR count). The summed E-state index contributed by atoms with van der Waals surface area (Å²) in [4.78, 5) is 10.6. The lowest BCUT2D eigenvalue weighted by molar-refractivity contribution is -0.385. The van der Waals surface area contributed by atoms with Crippen LogP contribution in [0.1, 0.15) is 18.5 Å². The lowest BCUT2D eigenvalue weighted by Gasteiger charge is -2.13. The molecule has 0 aliphatic carbocycles. The number of nitro benzene ring substituents is 1. The molecule has 6 heteroatoms. The van der Waals surface area contributed by atoms with Crippen molar-refractivity contribution in [2.45, 2.75) is 13.0 Å². The van der Waals surface area contributed by atoms with Crippen LogP contribution in [0.15, 0.2) is 46.9 Å². The first kappa shape index (κ1) is 14.5. The Morgan fingerprint density at radius 3 is 2.60 bits per heavy atom. The molecule has 2 aromatic carbocycles. The maximum absolute atomic E-state index is 11.1. The standard InChI is InChI=1S/C14H13BrN2O3/c1-9(16)11-4-2-3-5-13(11)20-14-7-6-10(15)8-12(14)17(18)19/h2-9H,16H2,1H3/t9-/m0/s1. The van der Waals surface area contributed by atoms with Gasteiger partial charge in [-0.15, -0.1) is 0 Å². The topological polar surface area (TPSA) is 78.4 Å². The highest BCUT2D eigenvalue weighted by Crippen LogP contribution is 2.35. The summed E-state index contributed by atoms with van der Waals surface area (Å²) >= 11 is 3.21. The van der Waals surface area contributed by atoms with Crippen LogP contribution in [0.5, 0.6) is 11.5 Å². The van der Waals surface area contributed by atoms with Gasteiger partial charge in [-0.2, -0.15) is 0 Å². The third kappa shape index (κ3) is 3.15. The molecule has 0 aliphatic heterocycles. The average Bonchev–Trinajstić information content (AvgIpc) is 2.41. The van der Waals surface area contributed by atoms with Crippen LogP contribution >= 0.6 is 15.9 Å². The predicted octanol–water partition coefficient (Wildman–Crippen LogP) is 4.17. The van der Waals surface area contributed by atoms with Gasteiger partial charge in [0, 0.05) is 22.1 Å². The molecule has 0 fully saturated rings. The average molecular weight is 337 g/mol. The number of rotatable bonds is 4. The number of halogens is 1. The van der Waals surface area contributed by atoms with Crippen molar-refractivity contribution in [2.24, 2.45) is 5.73 Å². The number of para-hydroxylation sites is 1. The fourth-order valence-electron chi connectivity index (χ4n) is 1.79. The Morgan fingerprint density at radius 2 is 1.95 bits per heavy atom. The number of nitrogens with zero attached hydrogens (tertiary/aromatic N) is 1. The van der Waals surface area contributed by atoms with E-state index in [-0.39, 0.29) is 17.5 Å². The zero-order valence-electron chi connectivity index (χ0n) is 10.7. The third-order valence-corrected chi connectivity index (χ3v) is 3.24. The predicted molar refractivity (Wildman–Crippen MR) is 79.9 cm³/mol. The summed E-state index contributed by atoms with van der Waals surface area (Å²) in [6.45, 7) is 1.83. The molecule has 5 nitrogen and oxygen atoms in total. The van der Waals surface area contributed by atoms with Crippen LogP contribution in [0.3, 0.4) is 0 Å². The van der Waals surface area contributed by atoms with E-state index in [0.717, 1.165) is 5.56 Å². The summed E-state index contributed by atoms with van der Waals surface area (Å²) in [5.41, 5.74) is 6.57. The number of hydrogen-bond acceptors (Lipinski definition) is 4. The van der Waals surface area contributed by atoms with E-state index < -0.39 is 4.92 Å². The molecule has 0 bridgehead atoms. The van der Waals surface area contributed by atoms with E-state index in [1.807, 2.05) is 19.1 Å². The molecule has 104 valence electrons. The molecule has 0 aromatic heterocycles. The fraction of sp³-hybridized carbons (Fsp3) is 0.143. The molecular weight excluding hydrogens is 324 g/mol. The molecule has 0 unspecified atom stereocenters. The highest BCUT2D eigenvalue weighted by Gasteiger charge is 2.18. The Bertz CT molecular complexity index is 644. The SMILES string of the molecule is C[C@H](N)c1ccccc1Oc1ccc(Br)cc1[N+](=O)[O-]. The Hall–Kier alpha value is -1.92. The van der Waals surface area contributed by atoms with Crippen LogP contribution in [0.2, 0.25) is 0 Å². The van der Waals surface area contributed by atoms with Gasteiger partial charge in [0.25, 0.3) is 0 Å². The van der Waals surface area contributed by atoms with Gasteiger partial charge in [-0.1, -0.05) is 34.1 Å². The van der Waals surface area contributed by atoms with Crippen molar-refractivity contribution >= 4 is 21.6 Å². The molecule has 0 amide bonds. The van der Waals surface area contributed by atoms with E-state index in [2.05, 4.69) is 15.9 Å². The molecule has 20 heavy (non-hydrogen) atoms. The van der Waals surface area contributed by atoms with Crippen molar-refractivity contribution in [3.63, 3.8) is 0 Å². The largest absolute Gasteiger partial charge is 0.450 e. The number of nitrogens with two attached hydrogens (primary N) is 1. The zero-order chi connectivity index (χ0) is 14.7. The summed E-state index contributed by atoms with van der Waals surface area (Å²) in [6, 6.07) is 11.7. The van der Waals surface area contributed by atoms with Crippen LogP contribution in [0.25, 0.3) is 0 Å². The second-order valence-corrected chi connectivity index (χ2v) is 5.21. The molecule has 2 N–H and O–H groups in total. The summed E-state index contributed by atoms with van der Waals surface area (Å²) in [5, 5.41) is 11.1. The number of hydrogen-bond donors (Lipinski definition) is 1. The normalized spacial score (nSPS) is 11.9. The summed E-state index contributed by atoms with van der Waals surface area (Å²) in [7, 11) is 0. The minimum absolute atomic E-state index is 0.0983. The smallest absolute Gasteiger partial charge is 0.312 e. The van der Waals surface area contributed by atoms with Gasteiger partial charge in [0.2, 0.25) is 5.75 Å². The van der Waals surface area contributed by atoms with Gasteiger partial charge < -0.3 is 10.5 Å². The van der Waals surface area contributed by atoms with E-state index in [4.69, 9.17) is 10.5 Å². The number of benzene rings is 2. The van der Waals surface area contributed by atoms with Crippen LogP contribution in [-0.4, -0.2) is 4.92 Å². The molecular formula is C14H13BrN2O3. The quantitative estimate of drug-likeness (QED) is 0.671. The molecule has 1 atom stereocenters. The van der Waals surface area contributed by atoms with Crippen molar-refractivity contribution in [3.8, 4) is 11.5 Å². The van der Waals surface area contributed by atoms with Crippen LogP contribution < -0.4 is 10.5 Å². The maximum Gasteiger partial charge on any atom is 0.312 e. The minimum atomic E-state index is -0.478. The molecule has 2 aromatic rings. The lowest BCUT2D eigenvalue weighted by atomic mass is 10.1. The van der Waals surface area contributed by atoms with Gasteiger partial charge in [0.15, 0.2) is 0 Å². The molecule has 0 aliphatic rings. The molecule has 0 heterocycles. The van der Waals surface area contributed by atoms with Gasteiger partial charge >= 0.3 is 5.69 Å². The van der Waals surface area contributed by atoms with E-state index in [1.54, 1.807) is 24.3 Å². The van der Waals surface area contributed by atoms with Gasteiger partial charge in [-0.25, -0.2) is 0 Å². The summed E-state index contributed by atoms with van der Waals surface area (Å²) in [6.07, 6.45) is 0. The van der Waals surface area contributed by atoms with E-state index in [1.165, 1.54) is 6.07 Å². The first-order valence-corrected chi connectivity index (χ1v) is 6.74. The molecule has 0 saturated carbocycles. The maximum atomic E-state index is 11.1. The van der Waals surface area contributed by atoms with Crippen molar-refractivity contribution in [1.82, 2.24) is 0 Å². The van der Waals surface area contributed by atoms with E-state index >= 15 is 0 Å². The van der Waals surface area contributed by atoms with Crippen molar-refractivity contribution in [1.29, 1.82) is 0 Å². The number of ether oxygens (including phenoxy) is 1. The molecule has 0 saturated heterocycles. The highest BCUT2D eigenvalue weighted by molar-refractivity contribution is 9.10. The highest BCUT2D eigenvalue weighted by atomic mass is 79.9. The second-order valence-electron chi connectivity index (χ2n) is 4.30. The Morgan fingerprint density at radius 1 is 1.25 bits per heavy atom. The van der Waals surface area contributed by atoms with Gasteiger partial charge in [0.05, 0.1) is 4.92 Å². The van der Waals surface area contributed by atoms with Gasteiger partial charge in [-0.3, -0.25) is 10.1 Å². The monoisotopic (exact) mass is 336 g/mol.